The summed E-state index contributed by atoms with van der Waals surface area (Å²) in [6.45, 7) is 3.24. The Balaban J connectivity index is 1.60. The van der Waals surface area contributed by atoms with Gasteiger partial charge in [0.25, 0.3) is 15.9 Å². The van der Waals surface area contributed by atoms with Crippen LogP contribution in [0.15, 0.2) is 53.4 Å². The van der Waals surface area contributed by atoms with Gasteiger partial charge >= 0.3 is 0 Å². The van der Waals surface area contributed by atoms with Gasteiger partial charge in [-0.2, -0.15) is 0 Å². The van der Waals surface area contributed by atoms with Crippen LogP contribution in [0.25, 0.3) is 0 Å². The number of quaternary nitrogens is 1. The van der Waals surface area contributed by atoms with E-state index >= 15 is 0 Å². The van der Waals surface area contributed by atoms with Gasteiger partial charge in [-0.15, -0.1) is 0 Å². The van der Waals surface area contributed by atoms with Crippen LogP contribution in [-0.4, -0.2) is 66.1 Å². The molecule has 0 aromatic heterocycles. The monoisotopic (exact) mass is 422 g/mol. The minimum absolute atomic E-state index is 0.00124. The lowest BCUT2D eigenvalue weighted by Gasteiger charge is -2.30. The van der Waals surface area contributed by atoms with Crippen LogP contribution in [0.4, 0.5) is 10.1 Å². The van der Waals surface area contributed by atoms with Gasteiger partial charge in [-0.25, -0.2) is 12.8 Å². The summed E-state index contributed by atoms with van der Waals surface area (Å²) in [5.41, 5.74) is 0.426. The van der Waals surface area contributed by atoms with Crippen molar-refractivity contribution in [3.8, 4) is 5.75 Å². The first-order valence-electron chi connectivity index (χ1n) is 9.34. The summed E-state index contributed by atoms with van der Waals surface area (Å²) >= 11 is 0. The third-order valence-corrected chi connectivity index (χ3v) is 6.80. The molecule has 0 atom stereocenters. The summed E-state index contributed by atoms with van der Waals surface area (Å²) in [6.07, 6.45) is 0. The van der Waals surface area contributed by atoms with Crippen molar-refractivity contribution in [1.82, 2.24) is 4.90 Å². The molecule has 1 saturated heterocycles. The Hall–Kier alpha value is -2.65. The van der Waals surface area contributed by atoms with Gasteiger partial charge in [0.15, 0.2) is 6.61 Å². The van der Waals surface area contributed by atoms with E-state index in [0.717, 1.165) is 42.6 Å². The quantitative estimate of drug-likeness (QED) is 0.731. The van der Waals surface area contributed by atoms with E-state index in [4.69, 9.17) is 4.74 Å². The Morgan fingerprint density at radius 1 is 1.10 bits per heavy atom. The van der Waals surface area contributed by atoms with Gasteiger partial charge < -0.3 is 14.5 Å². The third kappa shape index (κ3) is 5.04. The highest BCUT2D eigenvalue weighted by atomic mass is 32.2. The summed E-state index contributed by atoms with van der Waals surface area (Å²) in [7, 11) is -0.275. The summed E-state index contributed by atoms with van der Waals surface area (Å²) in [4.78, 5) is 15.4. The first-order chi connectivity index (χ1) is 13.8. The van der Waals surface area contributed by atoms with Gasteiger partial charge in [-0.1, -0.05) is 0 Å². The molecule has 2 aromatic carbocycles. The fourth-order valence-corrected chi connectivity index (χ4v) is 4.23. The molecule has 0 spiro atoms. The SMILES string of the molecule is CN(c1ccc(OCC(=O)N2CC[NH+](C)CC2)cc1)S(=O)(=O)c1ccc(F)cc1. The largest absolute Gasteiger partial charge is 0.484 e. The van der Waals surface area contributed by atoms with Crippen LogP contribution in [0.5, 0.6) is 5.75 Å². The lowest BCUT2D eigenvalue weighted by atomic mass is 10.3. The van der Waals surface area contributed by atoms with Crippen molar-refractivity contribution in [3.63, 3.8) is 0 Å². The molecule has 0 unspecified atom stereocenters. The zero-order valence-electron chi connectivity index (χ0n) is 16.5. The zero-order valence-corrected chi connectivity index (χ0v) is 17.3. The predicted octanol–water partition coefficient (Wildman–Crippen LogP) is 0.387. The number of nitrogens with one attached hydrogen (secondary N) is 1. The number of likely N-dealkylation sites (N-methyl/N-ethyl adjacent to an activating group) is 1. The summed E-state index contributed by atoms with van der Waals surface area (Å²) < 4.78 is 45.1. The van der Waals surface area contributed by atoms with E-state index in [1.54, 1.807) is 29.2 Å². The van der Waals surface area contributed by atoms with Crippen molar-refractivity contribution in [3.05, 3.63) is 54.3 Å². The smallest absolute Gasteiger partial charge is 0.264 e. The molecule has 0 saturated carbocycles. The molecule has 7 nitrogen and oxygen atoms in total. The second kappa shape index (κ2) is 8.79. The van der Waals surface area contributed by atoms with Crippen molar-refractivity contribution in [2.75, 3.05) is 51.2 Å². The molecule has 1 aliphatic heterocycles. The van der Waals surface area contributed by atoms with Gasteiger partial charge in [0, 0.05) is 7.05 Å². The van der Waals surface area contributed by atoms with E-state index in [1.807, 2.05) is 0 Å². The number of nitrogens with zero attached hydrogens (tertiary/aromatic N) is 2. The fraction of sp³-hybridized carbons (Fsp3) is 0.350. The number of carbonyl (C=O) groups excluding carboxylic acids is 1. The summed E-state index contributed by atoms with van der Waals surface area (Å²) in [6, 6.07) is 11.1. The van der Waals surface area contributed by atoms with Crippen LogP contribution in [0.1, 0.15) is 0 Å². The Morgan fingerprint density at radius 2 is 1.69 bits per heavy atom. The van der Waals surface area contributed by atoms with Crippen molar-refractivity contribution in [2.24, 2.45) is 0 Å². The number of piperazine rings is 1. The second-order valence-electron chi connectivity index (χ2n) is 7.05. The molecule has 1 fully saturated rings. The van der Waals surface area contributed by atoms with Crippen LogP contribution in [0, 0.1) is 5.82 Å². The molecule has 0 aliphatic carbocycles. The van der Waals surface area contributed by atoms with Gasteiger partial charge in [0.05, 0.1) is 43.8 Å². The Morgan fingerprint density at radius 3 is 2.28 bits per heavy atom. The summed E-state index contributed by atoms with van der Waals surface area (Å²) in [5, 5.41) is 0. The molecule has 0 bridgehead atoms. The maximum atomic E-state index is 13.1. The third-order valence-electron chi connectivity index (χ3n) is 5.00. The minimum atomic E-state index is -3.80. The molecule has 3 rings (SSSR count). The topological polar surface area (TPSA) is 71.4 Å². The second-order valence-corrected chi connectivity index (χ2v) is 9.02. The number of hydrogen-bond donors (Lipinski definition) is 1. The normalized spacial score (nSPS) is 15.2. The predicted molar refractivity (Wildman–Crippen MR) is 107 cm³/mol. The maximum Gasteiger partial charge on any atom is 0.264 e. The molecule has 1 amide bonds. The highest BCUT2D eigenvalue weighted by molar-refractivity contribution is 7.92. The fourth-order valence-electron chi connectivity index (χ4n) is 3.03. The average molecular weight is 423 g/mol. The maximum absolute atomic E-state index is 13.1. The van der Waals surface area contributed by atoms with E-state index in [2.05, 4.69) is 7.05 Å². The van der Waals surface area contributed by atoms with Crippen molar-refractivity contribution < 1.29 is 27.2 Å². The first-order valence-corrected chi connectivity index (χ1v) is 10.8. The van der Waals surface area contributed by atoms with Gasteiger partial charge in [0.2, 0.25) is 0 Å². The highest BCUT2D eigenvalue weighted by Crippen LogP contribution is 2.24. The lowest BCUT2D eigenvalue weighted by Crippen LogP contribution is -3.12. The molecular formula is C20H25FN3O4S+. The van der Waals surface area contributed by atoms with E-state index < -0.39 is 15.8 Å². The number of anilines is 1. The molecule has 1 aliphatic rings. The number of amides is 1. The molecule has 156 valence electrons. The number of rotatable bonds is 6. The first kappa shape index (κ1) is 21.1. The van der Waals surface area contributed by atoms with Crippen LogP contribution in [0.3, 0.4) is 0 Å². The standard InChI is InChI=1S/C20H24FN3O4S/c1-22-11-13-24(14-12-22)20(25)15-28-18-7-5-17(6-8-18)23(2)29(26,27)19-9-3-16(21)4-10-19/h3-10H,11-15H2,1-2H3/p+1. The molecule has 0 radical (unpaired) electrons. The molecule has 29 heavy (non-hydrogen) atoms. The number of hydrogen-bond acceptors (Lipinski definition) is 4. The molecule has 2 aromatic rings. The molecule has 1 heterocycles. The number of sulfonamides is 1. The Kier molecular flexibility index (Phi) is 6.39. The zero-order chi connectivity index (χ0) is 21.0. The van der Waals surface area contributed by atoms with Crippen LogP contribution in [0.2, 0.25) is 0 Å². The highest BCUT2D eigenvalue weighted by Gasteiger charge is 2.23. The van der Waals surface area contributed by atoms with Crippen LogP contribution >= 0.6 is 0 Å². The van der Waals surface area contributed by atoms with E-state index in [9.17, 15) is 17.6 Å². The minimum Gasteiger partial charge on any atom is -0.484 e. The van der Waals surface area contributed by atoms with E-state index in [1.165, 1.54) is 24.1 Å². The number of carbonyl (C=O) groups is 1. The van der Waals surface area contributed by atoms with Crippen molar-refractivity contribution in [2.45, 2.75) is 4.90 Å². The number of benzene rings is 2. The average Bonchev–Trinajstić information content (AvgIpc) is 2.72. The Bertz CT molecular complexity index is 941. The number of ether oxygens (including phenoxy) is 1. The Labute approximate surface area is 170 Å². The van der Waals surface area contributed by atoms with Crippen LogP contribution in [-0.2, 0) is 14.8 Å². The van der Waals surface area contributed by atoms with Crippen LogP contribution < -0.4 is 13.9 Å². The van der Waals surface area contributed by atoms with Crippen molar-refractivity contribution >= 4 is 21.6 Å². The number of halogens is 1. The molecule has 1 N–H and O–H groups in total. The van der Waals surface area contributed by atoms with E-state index in [-0.39, 0.29) is 17.4 Å². The molecular weight excluding hydrogens is 397 g/mol. The molecule has 9 heteroatoms. The summed E-state index contributed by atoms with van der Waals surface area (Å²) in [5.74, 6) is -0.0764. The van der Waals surface area contributed by atoms with E-state index in [0.29, 0.717) is 11.4 Å². The van der Waals surface area contributed by atoms with Gasteiger partial charge in [0.1, 0.15) is 11.6 Å². The van der Waals surface area contributed by atoms with Crippen molar-refractivity contribution in [1.29, 1.82) is 0 Å². The lowest BCUT2D eigenvalue weighted by molar-refractivity contribution is -0.883. The van der Waals surface area contributed by atoms with Gasteiger partial charge in [-0.3, -0.25) is 9.10 Å². The van der Waals surface area contributed by atoms with Gasteiger partial charge in [-0.05, 0) is 48.5 Å².